The van der Waals surface area contributed by atoms with Crippen LogP contribution in [0.3, 0.4) is 0 Å². The summed E-state index contributed by atoms with van der Waals surface area (Å²) in [6.07, 6.45) is -3.87. The van der Waals surface area contributed by atoms with Crippen LogP contribution >= 0.6 is 11.6 Å². The SMILES string of the molecule is COc1cc(Cl)cc([C@@H](C)CCc2ccc(=N)n(C(=N)C(F)(F)F)n2)c1. The first-order chi connectivity index (χ1) is 12.1. The minimum Gasteiger partial charge on any atom is -0.497 e. The number of ether oxygens (including phenoxy) is 1. The maximum absolute atomic E-state index is 12.7. The highest BCUT2D eigenvalue weighted by Crippen LogP contribution is 2.28. The molecular weight excluding hydrogens is 369 g/mol. The van der Waals surface area contributed by atoms with Crippen LogP contribution in [-0.2, 0) is 6.42 Å². The van der Waals surface area contributed by atoms with Crippen molar-refractivity contribution in [3.63, 3.8) is 0 Å². The molecule has 9 heteroatoms. The van der Waals surface area contributed by atoms with Crippen molar-refractivity contribution in [3.05, 3.63) is 52.1 Å². The molecular formula is C17H18ClF3N4O. The van der Waals surface area contributed by atoms with E-state index in [2.05, 4.69) is 5.10 Å². The fourth-order valence-electron chi connectivity index (χ4n) is 2.40. The highest BCUT2D eigenvalue weighted by atomic mass is 35.5. The van der Waals surface area contributed by atoms with Crippen LogP contribution in [0.4, 0.5) is 13.2 Å². The van der Waals surface area contributed by atoms with Crippen molar-refractivity contribution in [1.82, 2.24) is 9.78 Å². The van der Waals surface area contributed by atoms with E-state index in [0.29, 0.717) is 34.0 Å². The first-order valence-electron chi connectivity index (χ1n) is 7.76. The molecule has 0 aliphatic rings. The van der Waals surface area contributed by atoms with E-state index in [4.69, 9.17) is 27.2 Å². The normalized spacial score (nSPS) is 12.7. The lowest BCUT2D eigenvalue weighted by Gasteiger charge is -2.15. The Bertz CT molecular complexity index is 864. The van der Waals surface area contributed by atoms with Gasteiger partial charge in [0.05, 0.1) is 12.8 Å². The van der Waals surface area contributed by atoms with Crippen LogP contribution in [-0.4, -0.2) is 28.9 Å². The van der Waals surface area contributed by atoms with Gasteiger partial charge in [0.2, 0.25) is 5.84 Å². The lowest BCUT2D eigenvalue weighted by molar-refractivity contribution is -0.0632. The van der Waals surface area contributed by atoms with E-state index < -0.39 is 17.5 Å². The number of rotatable bonds is 5. The minimum atomic E-state index is -4.86. The van der Waals surface area contributed by atoms with Crippen LogP contribution in [0.5, 0.6) is 5.75 Å². The molecule has 0 radical (unpaired) electrons. The molecule has 0 saturated heterocycles. The third-order valence-corrected chi connectivity index (χ3v) is 4.12. The number of benzene rings is 1. The third-order valence-electron chi connectivity index (χ3n) is 3.90. The summed E-state index contributed by atoms with van der Waals surface area (Å²) in [5.41, 5.74) is 0.821. The molecule has 0 unspecified atom stereocenters. The fraction of sp³-hybridized carbons (Fsp3) is 0.353. The predicted molar refractivity (Wildman–Crippen MR) is 92.0 cm³/mol. The Hall–Kier alpha value is -2.35. The summed E-state index contributed by atoms with van der Waals surface area (Å²) >= 11 is 6.06. The Labute approximate surface area is 153 Å². The lowest BCUT2D eigenvalue weighted by atomic mass is 9.95. The average molecular weight is 387 g/mol. The van der Waals surface area contributed by atoms with Crippen LogP contribution in [0.2, 0.25) is 5.02 Å². The second-order valence-electron chi connectivity index (χ2n) is 5.83. The minimum absolute atomic E-state index is 0.0654. The number of hydrogen-bond donors (Lipinski definition) is 2. The zero-order valence-electron chi connectivity index (χ0n) is 14.2. The number of hydrogen-bond acceptors (Lipinski definition) is 4. The van der Waals surface area contributed by atoms with Gasteiger partial charge in [-0.25, -0.2) is 0 Å². The Kier molecular flexibility index (Phi) is 6.07. The predicted octanol–water partition coefficient (Wildman–Crippen LogP) is 4.15. The van der Waals surface area contributed by atoms with Crippen molar-refractivity contribution in [2.45, 2.75) is 31.9 Å². The molecule has 0 amide bonds. The van der Waals surface area contributed by atoms with Gasteiger partial charge in [-0.3, -0.25) is 10.8 Å². The molecule has 0 bridgehead atoms. The van der Waals surface area contributed by atoms with E-state index in [0.717, 1.165) is 5.56 Å². The van der Waals surface area contributed by atoms with Crippen molar-refractivity contribution in [2.24, 2.45) is 0 Å². The van der Waals surface area contributed by atoms with Gasteiger partial charge in [0.15, 0.2) is 0 Å². The Morgan fingerprint density at radius 2 is 2.00 bits per heavy atom. The van der Waals surface area contributed by atoms with Crippen molar-refractivity contribution in [3.8, 4) is 5.75 Å². The van der Waals surface area contributed by atoms with E-state index in [1.807, 2.05) is 19.1 Å². The molecule has 2 aromatic rings. The molecule has 26 heavy (non-hydrogen) atoms. The largest absolute Gasteiger partial charge is 0.497 e. The molecule has 1 atom stereocenters. The first-order valence-corrected chi connectivity index (χ1v) is 8.14. The van der Waals surface area contributed by atoms with Crippen molar-refractivity contribution in [2.75, 3.05) is 7.11 Å². The summed E-state index contributed by atoms with van der Waals surface area (Å²) in [4.78, 5) is 0. The van der Waals surface area contributed by atoms with Crippen LogP contribution in [0.1, 0.15) is 30.5 Å². The summed E-state index contributed by atoms with van der Waals surface area (Å²) in [6, 6.07) is 8.06. The van der Waals surface area contributed by atoms with E-state index >= 15 is 0 Å². The molecule has 0 spiro atoms. The van der Waals surface area contributed by atoms with Gasteiger partial charge in [-0.2, -0.15) is 23.0 Å². The average Bonchev–Trinajstić information content (AvgIpc) is 2.58. The summed E-state index contributed by atoms with van der Waals surface area (Å²) in [5.74, 6) is -0.986. The van der Waals surface area contributed by atoms with E-state index in [1.165, 1.54) is 12.1 Å². The Morgan fingerprint density at radius 1 is 1.31 bits per heavy atom. The van der Waals surface area contributed by atoms with Crippen molar-refractivity contribution < 1.29 is 17.9 Å². The topological polar surface area (TPSA) is 74.8 Å². The van der Waals surface area contributed by atoms with Crippen LogP contribution in [0, 0.1) is 10.8 Å². The standard InChI is InChI=1S/C17H18ClF3N4O/c1-10(11-7-12(18)9-14(8-11)26-2)3-4-13-5-6-15(22)25(24-13)16(23)17(19,20)21/h5-10,22-23H,3-4H2,1-2H3/t10-/m0/s1. The zero-order chi connectivity index (χ0) is 19.5. The molecule has 0 aliphatic heterocycles. The smallest absolute Gasteiger partial charge is 0.451 e. The van der Waals surface area contributed by atoms with Gasteiger partial charge in [0.25, 0.3) is 0 Å². The van der Waals surface area contributed by atoms with Gasteiger partial charge >= 0.3 is 6.18 Å². The Morgan fingerprint density at radius 3 is 2.62 bits per heavy atom. The van der Waals surface area contributed by atoms with Crippen LogP contribution < -0.4 is 10.2 Å². The zero-order valence-corrected chi connectivity index (χ0v) is 14.9. The molecule has 1 aromatic carbocycles. The number of aryl methyl sites for hydroxylation is 1. The molecule has 0 fully saturated rings. The molecule has 0 aliphatic carbocycles. The van der Waals surface area contributed by atoms with Crippen molar-refractivity contribution >= 4 is 17.4 Å². The van der Waals surface area contributed by atoms with Gasteiger partial charge in [0.1, 0.15) is 11.2 Å². The van der Waals surface area contributed by atoms with E-state index in [9.17, 15) is 13.2 Å². The molecule has 140 valence electrons. The second-order valence-corrected chi connectivity index (χ2v) is 6.27. The summed E-state index contributed by atoms with van der Waals surface area (Å²) in [7, 11) is 1.54. The molecule has 2 N–H and O–H groups in total. The fourth-order valence-corrected chi connectivity index (χ4v) is 2.64. The van der Waals surface area contributed by atoms with Crippen LogP contribution in [0.15, 0.2) is 30.3 Å². The summed E-state index contributed by atoms with van der Waals surface area (Å²) in [5, 5.41) is 19.0. The molecule has 1 heterocycles. The van der Waals surface area contributed by atoms with Gasteiger partial charge in [-0.1, -0.05) is 18.5 Å². The van der Waals surface area contributed by atoms with Gasteiger partial charge in [-0.05, 0) is 54.7 Å². The first kappa shape index (κ1) is 20.0. The maximum atomic E-state index is 12.7. The third kappa shape index (κ3) is 4.85. The second kappa shape index (κ2) is 7.90. The number of nitrogens with one attached hydrogen (secondary N) is 2. The number of nitrogens with zero attached hydrogens (tertiary/aromatic N) is 2. The number of methoxy groups -OCH3 is 1. The van der Waals surface area contributed by atoms with Crippen LogP contribution in [0.25, 0.3) is 0 Å². The summed E-state index contributed by atoms with van der Waals surface area (Å²) in [6.45, 7) is 1.97. The Balaban J connectivity index is 2.16. The monoisotopic (exact) mass is 386 g/mol. The maximum Gasteiger partial charge on any atom is 0.451 e. The van der Waals surface area contributed by atoms with E-state index in [-0.39, 0.29) is 5.92 Å². The highest BCUT2D eigenvalue weighted by Gasteiger charge is 2.37. The number of aromatic nitrogens is 2. The number of halogens is 4. The number of alkyl halides is 3. The van der Waals surface area contributed by atoms with Gasteiger partial charge in [-0.15, -0.1) is 0 Å². The molecule has 0 saturated carbocycles. The van der Waals surface area contributed by atoms with Gasteiger partial charge < -0.3 is 4.74 Å². The quantitative estimate of drug-likeness (QED) is 0.598. The highest BCUT2D eigenvalue weighted by molar-refractivity contribution is 6.30. The van der Waals surface area contributed by atoms with E-state index in [1.54, 1.807) is 13.2 Å². The lowest BCUT2D eigenvalue weighted by Crippen LogP contribution is -2.38. The molecule has 5 nitrogen and oxygen atoms in total. The van der Waals surface area contributed by atoms with Crippen molar-refractivity contribution in [1.29, 1.82) is 10.8 Å². The van der Waals surface area contributed by atoms with Gasteiger partial charge in [0, 0.05) is 5.02 Å². The summed E-state index contributed by atoms with van der Waals surface area (Å²) < 4.78 is 43.6. The molecule has 2 rings (SSSR count). The molecule has 1 aromatic heterocycles.